The topological polar surface area (TPSA) is 79.4 Å². The molecule has 2 saturated heterocycles. The molecule has 2 fully saturated rings. The van der Waals surface area contributed by atoms with E-state index in [1.807, 2.05) is 12.4 Å². The summed E-state index contributed by atoms with van der Waals surface area (Å²) in [7, 11) is 0. The lowest BCUT2D eigenvalue weighted by atomic mass is 10.1. The molecular formula is C15H23N5O2. The number of morpholine rings is 1. The molecule has 0 radical (unpaired) electrons. The highest BCUT2D eigenvalue weighted by atomic mass is 16.5. The molecule has 2 aliphatic rings. The van der Waals surface area contributed by atoms with Gasteiger partial charge in [-0.1, -0.05) is 0 Å². The molecule has 22 heavy (non-hydrogen) atoms. The zero-order chi connectivity index (χ0) is 15.2. The van der Waals surface area contributed by atoms with Crippen LogP contribution in [0.1, 0.15) is 24.8 Å². The molecule has 1 amide bonds. The van der Waals surface area contributed by atoms with Crippen molar-refractivity contribution in [2.45, 2.75) is 31.8 Å². The van der Waals surface area contributed by atoms with E-state index in [2.05, 4.69) is 25.5 Å². The molecule has 120 valence electrons. The van der Waals surface area contributed by atoms with Crippen LogP contribution < -0.4 is 15.5 Å². The number of nitrogens with one attached hydrogen (secondary N) is 2. The molecule has 1 unspecified atom stereocenters. The van der Waals surface area contributed by atoms with Gasteiger partial charge in [0.15, 0.2) is 0 Å². The van der Waals surface area contributed by atoms with Crippen molar-refractivity contribution < 1.29 is 9.53 Å². The molecule has 0 saturated carbocycles. The maximum absolute atomic E-state index is 11.9. The van der Waals surface area contributed by atoms with Crippen molar-refractivity contribution in [1.29, 1.82) is 0 Å². The fourth-order valence-electron chi connectivity index (χ4n) is 2.74. The predicted molar refractivity (Wildman–Crippen MR) is 82.6 cm³/mol. The maximum Gasteiger partial charge on any atom is 0.237 e. The van der Waals surface area contributed by atoms with Crippen LogP contribution in [0.2, 0.25) is 0 Å². The minimum atomic E-state index is -0.110. The van der Waals surface area contributed by atoms with Gasteiger partial charge in [0.2, 0.25) is 11.9 Å². The molecular weight excluding hydrogens is 282 g/mol. The molecule has 1 aromatic heterocycles. The predicted octanol–water partition coefficient (Wildman–Crippen LogP) is 0.0715. The van der Waals surface area contributed by atoms with Gasteiger partial charge in [0.25, 0.3) is 0 Å². The van der Waals surface area contributed by atoms with Gasteiger partial charge in [0, 0.05) is 44.1 Å². The normalized spacial score (nSPS) is 23.0. The second-order valence-electron chi connectivity index (χ2n) is 5.71. The molecule has 0 bridgehead atoms. The molecule has 3 heterocycles. The van der Waals surface area contributed by atoms with Gasteiger partial charge in [-0.25, -0.2) is 9.97 Å². The van der Waals surface area contributed by atoms with E-state index < -0.39 is 0 Å². The fraction of sp³-hybridized carbons (Fsp3) is 0.667. The van der Waals surface area contributed by atoms with Gasteiger partial charge in [-0.15, -0.1) is 0 Å². The smallest absolute Gasteiger partial charge is 0.237 e. The first-order valence-electron chi connectivity index (χ1n) is 7.97. The third-order valence-electron chi connectivity index (χ3n) is 4.07. The molecule has 2 aliphatic heterocycles. The highest BCUT2D eigenvalue weighted by Crippen LogP contribution is 2.10. The summed E-state index contributed by atoms with van der Waals surface area (Å²) in [5.41, 5.74) is 0.994. The first-order chi connectivity index (χ1) is 10.8. The summed E-state index contributed by atoms with van der Waals surface area (Å²) in [6.45, 7) is 4.52. The summed E-state index contributed by atoms with van der Waals surface area (Å²) in [5, 5.41) is 6.23. The SMILES string of the molecule is O=C1NCCCCC1NCc1cnc(N2CCOCC2)nc1. The van der Waals surface area contributed by atoms with Crippen molar-refractivity contribution in [2.24, 2.45) is 0 Å². The zero-order valence-electron chi connectivity index (χ0n) is 12.8. The number of hydrogen-bond acceptors (Lipinski definition) is 6. The van der Waals surface area contributed by atoms with E-state index >= 15 is 0 Å². The molecule has 7 heteroatoms. The summed E-state index contributed by atoms with van der Waals surface area (Å²) in [6, 6.07) is -0.110. The number of carbonyl (C=O) groups is 1. The maximum atomic E-state index is 11.9. The second-order valence-corrected chi connectivity index (χ2v) is 5.71. The van der Waals surface area contributed by atoms with Gasteiger partial charge < -0.3 is 20.3 Å². The van der Waals surface area contributed by atoms with Gasteiger partial charge in [0.1, 0.15) is 0 Å². The summed E-state index contributed by atoms with van der Waals surface area (Å²) < 4.78 is 5.33. The van der Waals surface area contributed by atoms with E-state index in [1.54, 1.807) is 0 Å². The Morgan fingerprint density at radius 2 is 2.05 bits per heavy atom. The van der Waals surface area contributed by atoms with Crippen LogP contribution in [0.3, 0.4) is 0 Å². The number of rotatable bonds is 4. The largest absolute Gasteiger partial charge is 0.378 e. The van der Waals surface area contributed by atoms with E-state index in [1.165, 1.54) is 0 Å². The highest BCUT2D eigenvalue weighted by Gasteiger charge is 2.20. The van der Waals surface area contributed by atoms with Crippen molar-refractivity contribution in [1.82, 2.24) is 20.6 Å². The average molecular weight is 305 g/mol. The quantitative estimate of drug-likeness (QED) is 0.820. The number of amides is 1. The van der Waals surface area contributed by atoms with Crippen LogP contribution in [0.4, 0.5) is 5.95 Å². The lowest BCUT2D eigenvalue weighted by molar-refractivity contribution is -0.122. The monoisotopic (exact) mass is 305 g/mol. The van der Waals surface area contributed by atoms with Crippen molar-refractivity contribution >= 4 is 11.9 Å². The third-order valence-corrected chi connectivity index (χ3v) is 4.07. The van der Waals surface area contributed by atoms with Gasteiger partial charge in [-0.2, -0.15) is 0 Å². The Bertz CT molecular complexity index is 487. The summed E-state index contributed by atoms with van der Waals surface area (Å²) >= 11 is 0. The Morgan fingerprint density at radius 3 is 2.82 bits per heavy atom. The third kappa shape index (κ3) is 3.92. The number of ether oxygens (including phenoxy) is 1. The molecule has 3 rings (SSSR count). The van der Waals surface area contributed by atoms with E-state index in [9.17, 15) is 4.79 Å². The number of carbonyl (C=O) groups excluding carboxylic acids is 1. The molecule has 0 aliphatic carbocycles. The minimum Gasteiger partial charge on any atom is -0.378 e. The summed E-state index contributed by atoms with van der Waals surface area (Å²) in [6.07, 6.45) is 6.68. The van der Waals surface area contributed by atoms with E-state index in [0.717, 1.165) is 63.6 Å². The van der Waals surface area contributed by atoms with Crippen LogP contribution in [-0.2, 0) is 16.1 Å². The van der Waals surface area contributed by atoms with E-state index in [4.69, 9.17) is 4.74 Å². The lowest BCUT2D eigenvalue weighted by Crippen LogP contribution is -2.42. The van der Waals surface area contributed by atoms with Gasteiger partial charge in [0.05, 0.1) is 19.3 Å². The standard InChI is InChI=1S/C15H23N5O2/c21-14-13(3-1-2-4-16-14)17-9-12-10-18-15(19-11-12)20-5-7-22-8-6-20/h10-11,13,17H,1-9H2,(H,16,21). The van der Waals surface area contributed by atoms with Crippen LogP contribution in [0.25, 0.3) is 0 Å². The van der Waals surface area contributed by atoms with Crippen LogP contribution in [0.15, 0.2) is 12.4 Å². The molecule has 1 atom stereocenters. The molecule has 2 N–H and O–H groups in total. The van der Waals surface area contributed by atoms with Crippen molar-refractivity contribution in [2.75, 3.05) is 37.7 Å². The Balaban J connectivity index is 1.53. The molecule has 1 aromatic rings. The number of anilines is 1. The van der Waals surface area contributed by atoms with Crippen molar-refractivity contribution in [3.05, 3.63) is 18.0 Å². The van der Waals surface area contributed by atoms with Crippen LogP contribution in [-0.4, -0.2) is 54.8 Å². The van der Waals surface area contributed by atoms with Crippen LogP contribution in [0, 0.1) is 0 Å². The van der Waals surface area contributed by atoms with Crippen molar-refractivity contribution in [3.63, 3.8) is 0 Å². The Kier molecular flexibility index (Phi) is 5.18. The second kappa shape index (κ2) is 7.51. The number of hydrogen-bond donors (Lipinski definition) is 2. The lowest BCUT2D eigenvalue weighted by Gasteiger charge is -2.26. The minimum absolute atomic E-state index is 0.100. The van der Waals surface area contributed by atoms with Crippen molar-refractivity contribution in [3.8, 4) is 0 Å². The highest BCUT2D eigenvalue weighted by molar-refractivity contribution is 5.81. The van der Waals surface area contributed by atoms with Crippen LogP contribution >= 0.6 is 0 Å². The average Bonchev–Trinajstić information content (AvgIpc) is 2.78. The Labute approximate surface area is 130 Å². The first-order valence-corrected chi connectivity index (χ1v) is 7.97. The summed E-state index contributed by atoms with van der Waals surface area (Å²) in [5.74, 6) is 0.850. The van der Waals surface area contributed by atoms with E-state index in [0.29, 0.717) is 6.54 Å². The van der Waals surface area contributed by atoms with Gasteiger partial charge >= 0.3 is 0 Å². The van der Waals surface area contributed by atoms with E-state index in [-0.39, 0.29) is 11.9 Å². The first kappa shape index (κ1) is 15.2. The molecule has 7 nitrogen and oxygen atoms in total. The van der Waals surface area contributed by atoms with Crippen LogP contribution in [0.5, 0.6) is 0 Å². The number of aromatic nitrogens is 2. The fourth-order valence-corrected chi connectivity index (χ4v) is 2.74. The Morgan fingerprint density at radius 1 is 1.27 bits per heavy atom. The van der Waals surface area contributed by atoms with Gasteiger partial charge in [-0.05, 0) is 19.3 Å². The summed E-state index contributed by atoms with van der Waals surface area (Å²) in [4.78, 5) is 22.8. The Hall–Kier alpha value is -1.73. The molecule has 0 spiro atoms. The zero-order valence-corrected chi connectivity index (χ0v) is 12.8. The molecule has 0 aromatic carbocycles. The number of nitrogens with zero attached hydrogens (tertiary/aromatic N) is 3. The van der Waals surface area contributed by atoms with Gasteiger partial charge in [-0.3, -0.25) is 4.79 Å².